The van der Waals surface area contributed by atoms with Crippen molar-refractivity contribution in [3.63, 3.8) is 0 Å². The number of anilines is 1. The second-order valence-electron chi connectivity index (χ2n) is 3.83. The second kappa shape index (κ2) is 6.32. The number of esters is 1. The van der Waals surface area contributed by atoms with Gasteiger partial charge in [-0.3, -0.25) is 4.79 Å². The molecule has 2 aromatic rings. The molecule has 0 aliphatic rings. The molecular weight excluding hydrogens is 296 g/mol. The van der Waals surface area contributed by atoms with Gasteiger partial charge in [0.25, 0.3) is 5.91 Å². The molecule has 0 aromatic carbocycles. The third-order valence-corrected chi connectivity index (χ3v) is 4.25. The largest absolute Gasteiger partial charge is 0.451 e. The molecule has 0 atom stereocenters. The standard InChI is InChI=1S/C13H10N2O3S2/c1-8-2-4-19-11(8)13(17)18-7-10(16)15-12-9(6-14)3-5-20-12/h2-5H,7H2,1H3,(H,15,16). The first kappa shape index (κ1) is 14.2. The Morgan fingerprint density at radius 2 is 2.10 bits per heavy atom. The Labute approximate surface area is 123 Å². The first-order chi connectivity index (χ1) is 9.61. The molecular formula is C13H10N2O3S2. The van der Waals surface area contributed by atoms with Gasteiger partial charge in [0.1, 0.15) is 15.9 Å². The number of nitrogens with one attached hydrogen (secondary N) is 1. The van der Waals surface area contributed by atoms with Gasteiger partial charge in [0, 0.05) is 0 Å². The predicted octanol–water partition coefficient (Wildman–Crippen LogP) is 2.79. The number of carbonyl (C=O) groups is 2. The van der Waals surface area contributed by atoms with Gasteiger partial charge in [0.2, 0.25) is 0 Å². The lowest BCUT2D eigenvalue weighted by Gasteiger charge is -2.05. The Balaban J connectivity index is 1.89. The summed E-state index contributed by atoms with van der Waals surface area (Å²) in [7, 11) is 0. The van der Waals surface area contributed by atoms with Crippen molar-refractivity contribution in [2.75, 3.05) is 11.9 Å². The van der Waals surface area contributed by atoms with Crippen molar-refractivity contribution in [3.05, 3.63) is 38.9 Å². The van der Waals surface area contributed by atoms with Gasteiger partial charge in [0.15, 0.2) is 6.61 Å². The summed E-state index contributed by atoms with van der Waals surface area (Å²) in [6.07, 6.45) is 0. The van der Waals surface area contributed by atoms with E-state index in [2.05, 4.69) is 5.32 Å². The fourth-order valence-electron chi connectivity index (χ4n) is 1.44. The molecule has 7 heteroatoms. The van der Waals surface area contributed by atoms with Crippen LogP contribution in [0.25, 0.3) is 0 Å². The van der Waals surface area contributed by atoms with Crippen LogP contribution >= 0.6 is 22.7 Å². The van der Waals surface area contributed by atoms with Gasteiger partial charge in [-0.25, -0.2) is 4.79 Å². The Kier molecular flexibility index (Phi) is 4.50. The van der Waals surface area contributed by atoms with Gasteiger partial charge in [-0.1, -0.05) is 0 Å². The van der Waals surface area contributed by atoms with E-state index in [0.717, 1.165) is 5.56 Å². The van der Waals surface area contributed by atoms with Crippen molar-refractivity contribution in [3.8, 4) is 6.07 Å². The van der Waals surface area contributed by atoms with Crippen LogP contribution in [0, 0.1) is 18.3 Å². The van der Waals surface area contributed by atoms with E-state index in [1.165, 1.54) is 22.7 Å². The van der Waals surface area contributed by atoms with Crippen LogP contribution in [0.15, 0.2) is 22.9 Å². The third kappa shape index (κ3) is 3.23. The average molecular weight is 306 g/mol. The number of hydrogen-bond acceptors (Lipinski definition) is 6. The van der Waals surface area contributed by atoms with E-state index in [9.17, 15) is 9.59 Å². The Morgan fingerprint density at radius 3 is 2.75 bits per heavy atom. The zero-order valence-electron chi connectivity index (χ0n) is 10.5. The van der Waals surface area contributed by atoms with E-state index < -0.39 is 11.9 Å². The second-order valence-corrected chi connectivity index (χ2v) is 5.66. The minimum absolute atomic E-state index is 0.376. The molecule has 0 saturated carbocycles. The molecule has 0 spiro atoms. The summed E-state index contributed by atoms with van der Waals surface area (Å²) in [4.78, 5) is 23.9. The summed E-state index contributed by atoms with van der Waals surface area (Å²) in [5, 5.41) is 15.3. The van der Waals surface area contributed by atoms with Crippen LogP contribution in [-0.2, 0) is 9.53 Å². The molecule has 5 nitrogen and oxygen atoms in total. The van der Waals surface area contributed by atoms with Gasteiger partial charge >= 0.3 is 5.97 Å². The normalized spacial score (nSPS) is 9.80. The molecule has 0 bridgehead atoms. The molecule has 0 unspecified atom stereocenters. The summed E-state index contributed by atoms with van der Waals surface area (Å²) >= 11 is 2.52. The molecule has 102 valence electrons. The van der Waals surface area contributed by atoms with Gasteiger partial charge in [-0.15, -0.1) is 22.7 Å². The van der Waals surface area contributed by atoms with Crippen molar-refractivity contribution >= 4 is 39.6 Å². The Bertz CT molecular complexity index is 682. The molecule has 0 aliphatic heterocycles. The van der Waals surface area contributed by atoms with Crippen molar-refractivity contribution in [2.45, 2.75) is 6.92 Å². The van der Waals surface area contributed by atoms with Gasteiger partial charge in [0.05, 0.1) is 5.56 Å². The van der Waals surface area contributed by atoms with Crippen molar-refractivity contribution < 1.29 is 14.3 Å². The number of nitriles is 1. The maximum atomic E-state index is 11.7. The number of hydrogen-bond donors (Lipinski definition) is 1. The molecule has 1 N–H and O–H groups in total. The summed E-state index contributed by atoms with van der Waals surface area (Å²) in [6.45, 7) is 1.43. The van der Waals surface area contributed by atoms with E-state index in [1.807, 2.05) is 12.1 Å². The first-order valence-electron chi connectivity index (χ1n) is 5.60. The molecule has 0 radical (unpaired) electrons. The van der Waals surface area contributed by atoms with E-state index in [1.54, 1.807) is 23.8 Å². The minimum atomic E-state index is -0.515. The van der Waals surface area contributed by atoms with Crippen molar-refractivity contribution in [2.24, 2.45) is 0 Å². The molecule has 20 heavy (non-hydrogen) atoms. The van der Waals surface area contributed by atoms with Crippen molar-refractivity contribution in [1.29, 1.82) is 5.26 Å². The van der Waals surface area contributed by atoms with Crippen LogP contribution in [0.3, 0.4) is 0 Å². The van der Waals surface area contributed by atoms with E-state index in [-0.39, 0.29) is 6.61 Å². The van der Waals surface area contributed by atoms with Crippen LogP contribution in [0.5, 0.6) is 0 Å². The average Bonchev–Trinajstić information content (AvgIpc) is 3.04. The fourth-order valence-corrected chi connectivity index (χ4v) is 3.01. The zero-order chi connectivity index (χ0) is 14.5. The molecule has 2 heterocycles. The van der Waals surface area contributed by atoms with E-state index in [4.69, 9.17) is 10.00 Å². The summed E-state index contributed by atoms with van der Waals surface area (Å²) in [5.74, 6) is -0.981. The van der Waals surface area contributed by atoms with Crippen LogP contribution in [0.4, 0.5) is 5.00 Å². The predicted molar refractivity (Wildman–Crippen MR) is 77.0 cm³/mol. The van der Waals surface area contributed by atoms with Gasteiger partial charge < -0.3 is 10.1 Å². The van der Waals surface area contributed by atoms with Crippen LogP contribution in [-0.4, -0.2) is 18.5 Å². The van der Waals surface area contributed by atoms with Crippen molar-refractivity contribution in [1.82, 2.24) is 0 Å². The maximum absolute atomic E-state index is 11.7. The molecule has 2 aromatic heterocycles. The summed E-state index contributed by atoms with van der Waals surface area (Å²) < 4.78 is 4.93. The molecule has 0 fully saturated rings. The van der Waals surface area contributed by atoms with Crippen LogP contribution < -0.4 is 5.32 Å². The number of thiophene rings is 2. The topological polar surface area (TPSA) is 79.2 Å². The summed E-state index contributed by atoms with van der Waals surface area (Å²) in [6, 6.07) is 5.39. The quantitative estimate of drug-likeness (QED) is 0.881. The minimum Gasteiger partial charge on any atom is -0.451 e. The van der Waals surface area contributed by atoms with E-state index >= 15 is 0 Å². The van der Waals surface area contributed by atoms with Gasteiger partial charge in [-0.05, 0) is 35.4 Å². The molecule has 1 amide bonds. The van der Waals surface area contributed by atoms with Crippen LogP contribution in [0.1, 0.15) is 20.8 Å². The lowest BCUT2D eigenvalue weighted by molar-refractivity contribution is -0.119. The number of nitrogens with zero attached hydrogens (tertiary/aromatic N) is 1. The highest BCUT2D eigenvalue weighted by Crippen LogP contribution is 2.22. The Morgan fingerprint density at radius 1 is 1.35 bits per heavy atom. The van der Waals surface area contributed by atoms with Gasteiger partial charge in [-0.2, -0.15) is 5.26 Å². The number of amides is 1. The van der Waals surface area contributed by atoms with E-state index in [0.29, 0.717) is 15.4 Å². The lowest BCUT2D eigenvalue weighted by atomic mass is 10.3. The highest BCUT2D eigenvalue weighted by molar-refractivity contribution is 7.14. The fraction of sp³-hybridized carbons (Fsp3) is 0.154. The lowest BCUT2D eigenvalue weighted by Crippen LogP contribution is -2.20. The number of carbonyl (C=O) groups excluding carboxylic acids is 2. The molecule has 0 aliphatic carbocycles. The smallest absolute Gasteiger partial charge is 0.349 e. The zero-order valence-corrected chi connectivity index (χ0v) is 12.1. The SMILES string of the molecule is Cc1ccsc1C(=O)OCC(=O)Nc1sccc1C#N. The van der Waals surface area contributed by atoms with Crippen LogP contribution in [0.2, 0.25) is 0 Å². The highest BCUT2D eigenvalue weighted by atomic mass is 32.1. The third-order valence-electron chi connectivity index (χ3n) is 2.42. The monoisotopic (exact) mass is 306 g/mol. The maximum Gasteiger partial charge on any atom is 0.349 e. The number of ether oxygens (including phenoxy) is 1. The highest BCUT2D eigenvalue weighted by Gasteiger charge is 2.15. The molecule has 0 saturated heterocycles. The number of aryl methyl sites for hydroxylation is 1. The first-order valence-corrected chi connectivity index (χ1v) is 7.36. The Hall–Kier alpha value is -2.17. The number of rotatable bonds is 4. The molecule has 2 rings (SSSR count). The summed E-state index contributed by atoms with van der Waals surface area (Å²) in [5.41, 5.74) is 1.22.